The number of carbonyl (C=O) groups excluding carboxylic acids is 2. The van der Waals surface area contributed by atoms with Crippen molar-refractivity contribution >= 4 is 29.4 Å². The molecule has 2 saturated heterocycles. The van der Waals surface area contributed by atoms with Crippen LogP contribution in [0.3, 0.4) is 0 Å². The van der Waals surface area contributed by atoms with Gasteiger partial charge in [0.15, 0.2) is 0 Å². The molecular weight excluding hydrogens is 490 g/mol. The highest BCUT2D eigenvalue weighted by atomic mass is 32.2. The minimum atomic E-state index is -0.961. The SMILES string of the molecule is CCc1c(C#N)c(SC(C(N)=O)c2ccccc2)nc(N2CCC(NC(=O)C3(N)COC3)CC2)c1C#N. The van der Waals surface area contributed by atoms with Crippen molar-refractivity contribution in [2.45, 2.75) is 48.0 Å². The number of thioether (sulfide) groups is 1. The number of primary amides is 1. The van der Waals surface area contributed by atoms with E-state index in [1.165, 1.54) is 0 Å². The van der Waals surface area contributed by atoms with E-state index >= 15 is 0 Å². The van der Waals surface area contributed by atoms with Crippen molar-refractivity contribution < 1.29 is 14.3 Å². The molecule has 5 N–H and O–H groups in total. The van der Waals surface area contributed by atoms with Crippen LogP contribution in [0, 0.1) is 22.7 Å². The number of piperidine rings is 1. The molecule has 2 aliphatic heterocycles. The van der Waals surface area contributed by atoms with E-state index in [9.17, 15) is 20.1 Å². The summed E-state index contributed by atoms with van der Waals surface area (Å²) in [5.74, 6) is -0.279. The van der Waals surface area contributed by atoms with Gasteiger partial charge >= 0.3 is 0 Å². The summed E-state index contributed by atoms with van der Waals surface area (Å²) in [7, 11) is 0. The molecule has 11 heteroatoms. The smallest absolute Gasteiger partial charge is 0.245 e. The number of rotatable bonds is 8. The van der Waals surface area contributed by atoms with Crippen LogP contribution >= 0.6 is 11.8 Å². The Morgan fingerprint density at radius 3 is 2.38 bits per heavy atom. The number of pyridine rings is 1. The minimum absolute atomic E-state index is 0.0505. The fourth-order valence-corrected chi connectivity index (χ4v) is 5.60. The molecule has 0 bridgehead atoms. The van der Waals surface area contributed by atoms with E-state index in [1.807, 2.05) is 30.0 Å². The third-order valence-electron chi connectivity index (χ3n) is 6.72. The second-order valence-corrected chi connectivity index (χ2v) is 10.3. The van der Waals surface area contributed by atoms with Gasteiger partial charge in [-0.1, -0.05) is 49.0 Å². The molecule has 1 atom stereocenters. The number of carbonyl (C=O) groups is 2. The standard InChI is InChI=1S/C26H29N7O3S/c1-2-18-19(12-27)23(33-10-8-17(9-11-33)31-25(35)26(30)14-36-15-26)32-24(20(18)13-28)37-21(22(29)34)16-6-4-3-5-7-16/h3-7,17,21H,2,8-11,14-15,30H2,1H3,(H2,29,34)(H,31,35). The number of aromatic nitrogens is 1. The van der Waals surface area contributed by atoms with E-state index in [0.29, 0.717) is 59.9 Å². The minimum Gasteiger partial charge on any atom is -0.376 e. The van der Waals surface area contributed by atoms with E-state index in [4.69, 9.17) is 21.2 Å². The normalized spacial score (nSPS) is 17.7. The first-order valence-corrected chi connectivity index (χ1v) is 13.0. The second kappa shape index (κ2) is 11.2. The predicted molar refractivity (Wildman–Crippen MR) is 138 cm³/mol. The summed E-state index contributed by atoms with van der Waals surface area (Å²) in [5, 5.41) is 22.6. The Labute approximate surface area is 220 Å². The molecule has 37 heavy (non-hydrogen) atoms. The second-order valence-electron chi connectivity index (χ2n) is 9.24. The van der Waals surface area contributed by atoms with Crippen molar-refractivity contribution in [2.75, 3.05) is 31.2 Å². The molecule has 2 aromatic rings. The van der Waals surface area contributed by atoms with E-state index in [1.54, 1.807) is 12.1 Å². The third-order valence-corrected chi connectivity index (χ3v) is 7.98. The fourth-order valence-electron chi connectivity index (χ4n) is 4.55. The summed E-state index contributed by atoms with van der Waals surface area (Å²) in [5.41, 5.74) is 12.8. The quantitative estimate of drug-likeness (QED) is 0.437. The van der Waals surface area contributed by atoms with Crippen LogP contribution in [0.1, 0.15) is 47.3 Å². The molecule has 10 nitrogen and oxygen atoms in total. The first-order valence-electron chi connectivity index (χ1n) is 12.1. The van der Waals surface area contributed by atoms with Gasteiger partial charge in [0, 0.05) is 19.1 Å². The van der Waals surface area contributed by atoms with Crippen molar-refractivity contribution in [1.82, 2.24) is 10.3 Å². The molecule has 0 aliphatic carbocycles. The Kier molecular flexibility index (Phi) is 7.98. The number of nitrogens with zero attached hydrogens (tertiary/aromatic N) is 4. The predicted octanol–water partition coefficient (Wildman–Crippen LogP) is 1.52. The van der Waals surface area contributed by atoms with E-state index in [2.05, 4.69) is 17.5 Å². The van der Waals surface area contributed by atoms with Gasteiger partial charge < -0.3 is 26.4 Å². The van der Waals surface area contributed by atoms with Crippen LogP contribution in [0.5, 0.6) is 0 Å². The molecular formula is C26H29N7O3S. The number of benzene rings is 1. The van der Waals surface area contributed by atoms with Crippen LogP contribution in [0.4, 0.5) is 5.82 Å². The lowest BCUT2D eigenvalue weighted by atomic mass is 9.95. The summed E-state index contributed by atoms with van der Waals surface area (Å²) < 4.78 is 5.08. The molecule has 1 aromatic carbocycles. The number of hydrogen-bond donors (Lipinski definition) is 3. The highest BCUT2D eigenvalue weighted by Gasteiger charge is 2.43. The van der Waals surface area contributed by atoms with Gasteiger partial charge in [-0.3, -0.25) is 9.59 Å². The number of anilines is 1. The van der Waals surface area contributed by atoms with Gasteiger partial charge in [0.05, 0.1) is 24.3 Å². The third kappa shape index (κ3) is 5.39. The Bertz CT molecular complexity index is 1260. The average molecular weight is 520 g/mol. The lowest BCUT2D eigenvalue weighted by Gasteiger charge is -2.39. The molecule has 2 fully saturated rings. The van der Waals surface area contributed by atoms with Crippen LogP contribution in [-0.2, 0) is 20.7 Å². The lowest BCUT2D eigenvalue weighted by molar-refractivity contribution is -0.144. The molecule has 192 valence electrons. The van der Waals surface area contributed by atoms with Crippen molar-refractivity contribution in [3.8, 4) is 12.1 Å². The van der Waals surface area contributed by atoms with Crippen molar-refractivity contribution in [2.24, 2.45) is 11.5 Å². The number of hydrogen-bond acceptors (Lipinski definition) is 9. The van der Waals surface area contributed by atoms with Gasteiger partial charge in [-0.15, -0.1) is 0 Å². The van der Waals surface area contributed by atoms with Crippen molar-refractivity contribution in [3.63, 3.8) is 0 Å². The molecule has 0 spiro atoms. The Balaban J connectivity index is 1.61. The van der Waals surface area contributed by atoms with Crippen molar-refractivity contribution in [3.05, 3.63) is 52.6 Å². The van der Waals surface area contributed by atoms with Crippen LogP contribution in [0.15, 0.2) is 35.4 Å². The topological polar surface area (TPSA) is 171 Å². The van der Waals surface area contributed by atoms with Gasteiger partial charge in [0.25, 0.3) is 0 Å². The number of amides is 2. The van der Waals surface area contributed by atoms with Crippen LogP contribution in [0.25, 0.3) is 0 Å². The molecule has 1 aromatic heterocycles. The summed E-state index contributed by atoms with van der Waals surface area (Å²) >= 11 is 1.12. The summed E-state index contributed by atoms with van der Waals surface area (Å²) in [6.45, 7) is 3.42. The molecule has 1 unspecified atom stereocenters. The molecule has 2 aliphatic rings. The van der Waals surface area contributed by atoms with Gasteiger partial charge in [-0.25, -0.2) is 4.98 Å². The van der Waals surface area contributed by atoms with Gasteiger partial charge in [0.1, 0.15) is 33.8 Å². The first-order chi connectivity index (χ1) is 17.8. The van der Waals surface area contributed by atoms with Crippen LogP contribution in [-0.4, -0.2) is 54.7 Å². The maximum Gasteiger partial charge on any atom is 0.245 e. The highest BCUT2D eigenvalue weighted by molar-refractivity contribution is 8.00. The first kappa shape index (κ1) is 26.4. The van der Waals surface area contributed by atoms with E-state index in [0.717, 1.165) is 11.8 Å². The van der Waals surface area contributed by atoms with Gasteiger partial charge in [0.2, 0.25) is 11.8 Å². The number of nitrogens with two attached hydrogens (primary N) is 2. The largest absolute Gasteiger partial charge is 0.376 e. The van der Waals surface area contributed by atoms with Gasteiger partial charge in [-0.05, 0) is 30.4 Å². The Morgan fingerprint density at radius 1 is 1.22 bits per heavy atom. The zero-order chi connectivity index (χ0) is 26.6. The highest BCUT2D eigenvalue weighted by Crippen LogP contribution is 2.40. The van der Waals surface area contributed by atoms with Gasteiger partial charge in [-0.2, -0.15) is 10.5 Å². The monoisotopic (exact) mass is 519 g/mol. The molecule has 4 rings (SSSR count). The van der Waals surface area contributed by atoms with Crippen molar-refractivity contribution in [1.29, 1.82) is 10.5 Å². The summed E-state index contributed by atoms with van der Waals surface area (Å²) in [6, 6.07) is 13.5. The maximum atomic E-state index is 12.5. The zero-order valence-corrected chi connectivity index (χ0v) is 21.4. The molecule has 0 radical (unpaired) electrons. The average Bonchev–Trinajstić information content (AvgIpc) is 2.90. The molecule has 2 amide bonds. The van der Waals surface area contributed by atoms with E-state index in [-0.39, 0.29) is 30.7 Å². The zero-order valence-electron chi connectivity index (χ0n) is 20.6. The van der Waals surface area contributed by atoms with Crippen LogP contribution < -0.4 is 21.7 Å². The summed E-state index contributed by atoms with van der Waals surface area (Å²) in [4.78, 5) is 31.6. The van der Waals surface area contributed by atoms with E-state index < -0.39 is 16.7 Å². The number of nitriles is 2. The summed E-state index contributed by atoms with van der Waals surface area (Å²) in [6.07, 6.45) is 1.74. The molecule has 3 heterocycles. The fraction of sp³-hybridized carbons (Fsp3) is 0.423. The number of nitrogens with one attached hydrogen (secondary N) is 1. The maximum absolute atomic E-state index is 12.5. The lowest BCUT2D eigenvalue weighted by Crippen LogP contribution is -2.68. The Morgan fingerprint density at radius 2 is 1.86 bits per heavy atom. The Hall–Kier alpha value is -3.64. The molecule has 0 saturated carbocycles. The number of ether oxygens (including phenoxy) is 1. The van der Waals surface area contributed by atoms with Crippen LogP contribution in [0.2, 0.25) is 0 Å².